The molecule has 1 N–H and O–H groups in total. The smallest absolute Gasteiger partial charge is 0.341 e. The zero-order chi connectivity index (χ0) is 18.9. The topological polar surface area (TPSA) is 92.8 Å². The molecular formula is C16H18N2O5S2. The van der Waals surface area contributed by atoms with E-state index in [9.17, 15) is 19.2 Å². The summed E-state index contributed by atoms with van der Waals surface area (Å²) < 4.78 is 4.75. The van der Waals surface area contributed by atoms with E-state index >= 15 is 0 Å². The van der Waals surface area contributed by atoms with Crippen LogP contribution in [0.4, 0.5) is 9.80 Å². The zero-order valence-corrected chi connectivity index (χ0v) is 16.1. The number of carbonyl (C=O) groups excluding carboxylic acids is 4. The normalized spacial score (nSPS) is 14.1. The fraction of sp³-hybridized carbons (Fsp3) is 0.375. The number of hydrogen-bond acceptors (Lipinski definition) is 7. The van der Waals surface area contributed by atoms with Gasteiger partial charge in [0, 0.05) is 4.88 Å². The summed E-state index contributed by atoms with van der Waals surface area (Å²) in [5.74, 6) is -1.58. The molecule has 9 heteroatoms. The molecule has 1 fully saturated rings. The second kappa shape index (κ2) is 7.40. The highest BCUT2D eigenvalue weighted by atomic mass is 32.2. The summed E-state index contributed by atoms with van der Waals surface area (Å²) in [5.41, 5.74) is 1.74. The summed E-state index contributed by atoms with van der Waals surface area (Å²) in [6, 6.07) is 0. The lowest BCUT2D eigenvalue weighted by Crippen LogP contribution is -2.36. The number of methoxy groups -OCH3 is 1. The Bertz CT molecular complexity index is 806. The van der Waals surface area contributed by atoms with E-state index in [1.807, 2.05) is 6.92 Å². The lowest BCUT2D eigenvalue weighted by molar-refractivity contribution is -0.127. The van der Waals surface area contributed by atoms with Gasteiger partial charge in [0.25, 0.3) is 11.1 Å². The number of carbonyl (C=O) groups is 4. The van der Waals surface area contributed by atoms with Gasteiger partial charge in [-0.2, -0.15) is 0 Å². The van der Waals surface area contributed by atoms with Crippen molar-refractivity contribution in [2.24, 2.45) is 0 Å². The summed E-state index contributed by atoms with van der Waals surface area (Å²) in [7, 11) is 1.26. The molecule has 0 bridgehead atoms. The van der Waals surface area contributed by atoms with Gasteiger partial charge in [0.1, 0.15) is 11.5 Å². The van der Waals surface area contributed by atoms with E-state index in [-0.39, 0.29) is 5.56 Å². The van der Waals surface area contributed by atoms with Crippen molar-refractivity contribution in [3.63, 3.8) is 0 Å². The van der Waals surface area contributed by atoms with Gasteiger partial charge in [0.05, 0.1) is 17.6 Å². The molecule has 1 aromatic heterocycles. The summed E-state index contributed by atoms with van der Waals surface area (Å²) in [6.07, 6.45) is 0. The summed E-state index contributed by atoms with van der Waals surface area (Å²) in [5, 5.41) is 2.47. The monoisotopic (exact) mass is 382 g/mol. The van der Waals surface area contributed by atoms with E-state index in [1.54, 1.807) is 20.8 Å². The minimum Gasteiger partial charge on any atom is -0.465 e. The van der Waals surface area contributed by atoms with Crippen molar-refractivity contribution < 1.29 is 23.9 Å². The number of thiophene rings is 1. The van der Waals surface area contributed by atoms with Crippen molar-refractivity contribution in [1.82, 2.24) is 4.90 Å². The molecule has 1 aliphatic rings. The maximum absolute atomic E-state index is 12.3. The Labute approximate surface area is 153 Å². The van der Waals surface area contributed by atoms with Gasteiger partial charge in [-0.3, -0.25) is 19.3 Å². The Hall–Kier alpha value is -2.13. The average Bonchev–Trinajstić information content (AvgIpc) is 2.97. The second-order valence-corrected chi connectivity index (χ2v) is 7.80. The van der Waals surface area contributed by atoms with E-state index in [1.165, 1.54) is 18.4 Å². The number of ether oxygens (including phenoxy) is 1. The van der Waals surface area contributed by atoms with Crippen molar-refractivity contribution in [3.05, 3.63) is 26.5 Å². The van der Waals surface area contributed by atoms with Crippen molar-refractivity contribution in [3.8, 4) is 0 Å². The van der Waals surface area contributed by atoms with Crippen LogP contribution in [0.3, 0.4) is 0 Å². The van der Waals surface area contributed by atoms with Crippen LogP contribution in [0.2, 0.25) is 0 Å². The van der Waals surface area contributed by atoms with Crippen LogP contribution in [-0.4, -0.2) is 41.6 Å². The van der Waals surface area contributed by atoms with Crippen LogP contribution < -0.4 is 5.32 Å². The van der Waals surface area contributed by atoms with E-state index < -0.39 is 29.6 Å². The van der Waals surface area contributed by atoms with Gasteiger partial charge >= 0.3 is 5.97 Å². The predicted molar refractivity (Wildman–Crippen MR) is 96.8 cm³/mol. The van der Waals surface area contributed by atoms with Crippen molar-refractivity contribution in [2.75, 3.05) is 19.0 Å². The number of hydrogen-bond donors (Lipinski definition) is 1. The van der Waals surface area contributed by atoms with Crippen LogP contribution in [0, 0.1) is 13.8 Å². The Morgan fingerprint density at radius 3 is 2.36 bits per heavy atom. The fourth-order valence-electron chi connectivity index (χ4n) is 2.22. The molecule has 1 aromatic rings. The molecule has 0 aromatic carbocycles. The van der Waals surface area contributed by atoms with Crippen molar-refractivity contribution in [1.29, 1.82) is 0 Å². The molecule has 2 heterocycles. The third-order valence-corrected chi connectivity index (χ3v) is 5.94. The lowest BCUT2D eigenvalue weighted by atomic mass is 10.1. The van der Waals surface area contributed by atoms with E-state index in [2.05, 4.69) is 5.32 Å². The maximum atomic E-state index is 12.3. The zero-order valence-electron chi connectivity index (χ0n) is 14.5. The molecule has 0 atom stereocenters. The van der Waals surface area contributed by atoms with Crippen LogP contribution in [0.25, 0.3) is 0 Å². The fourth-order valence-corrected chi connectivity index (χ4v) is 4.12. The first-order valence-corrected chi connectivity index (χ1v) is 9.00. The number of thioether (sulfide) groups is 1. The van der Waals surface area contributed by atoms with E-state index in [0.29, 0.717) is 9.91 Å². The SMILES string of the molecule is COC(=O)c1c(NC(=O)CN2C(=O)SC(=C(C)C)C2=O)sc(C)c1C. The Morgan fingerprint density at radius 2 is 1.84 bits per heavy atom. The number of imide groups is 1. The van der Waals surface area contributed by atoms with Crippen LogP contribution in [-0.2, 0) is 14.3 Å². The quantitative estimate of drug-likeness (QED) is 0.635. The number of nitrogens with zero attached hydrogens (tertiary/aromatic N) is 1. The molecular weight excluding hydrogens is 364 g/mol. The molecule has 3 amide bonds. The number of nitrogens with one attached hydrogen (secondary N) is 1. The third kappa shape index (κ3) is 3.77. The molecule has 0 saturated carbocycles. The first-order chi connectivity index (χ1) is 11.7. The molecule has 1 saturated heterocycles. The van der Waals surface area contributed by atoms with E-state index in [4.69, 9.17) is 4.74 Å². The first kappa shape index (κ1) is 19.2. The number of rotatable bonds is 4. The van der Waals surface area contributed by atoms with Gasteiger partial charge in [-0.05, 0) is 45.0 Å². The number of esters is 1. The highest BCUT2D eigenvalue weighted by Gasteiger charge is 2.37. The molecule has 134 valence electrons. The number of aryl methyl sites for hydroxylation is 1. The Kier molecular flexibility index (Phi) is 5.69. The molecule has 1 aliphatic heterocycles. The van der Waals surface area contributed by atoms with Gasteiger partial charge in [0.15, 0.2) is 0 Å². The van der Waals surface area contributed by atoms with Crippen LogP contribution in [0.15, 0.2) is 10.5 Å². The van der Waals surface area contributed by atoms with Crippen LogP contribution in [0.5, 0.6) is 0 Å². The van der Waals surface area contributed by atoms with Crippen molar-refractivity contribution in [2.45, 2.75) is 27.7 Å². The number of anilines is 1. The standard InChI is InChI=1S/C16H18N2O5S2/c1-7(2)12-14(20)18(16(22)25-12)6-10(19)17-13-11(15(21)23-5)8(3)9(4)24-13/h6H2,1-5H3,(H,17,19). The molecule has 25 heavy (non-hydrogen) atoms. The van der Waals surface area contributed by atoms with Gasteiger partial charge in [-0.15, -0.1) is 11.3 Å². The summed E-state index contributed by atoms with van der Waals surface area (Å²) in [4.78, 5) is 50.5. The van der Waals surface area contributed by atoms with E-state index in [0.717, 1.165) is 32.7 Å². The minimum atomic E-state index is -0.552. The predicted octanol–water partition coefficient (Wildman–Crippen LogP) is 3.08. The maximum Gasteiger partial charge on any atom is 0.341 e. The molecule has 7 nitrogen and oxygen atoms in total. The second-order valence-electron chi connectivity index (χ2n) is 5.62. The number of allylic oxidation sites excluding steroid dienone is 1. The molecule has 0 aliphatic carbocycles. The van der Waals surface area contributed by atoms with Crippen molar-refractivity contribution >= 4 is 51.1 Å². The Balaban J connectivity index is 2.18. The highest BCUT2D eigenvalue weighted by Crippen LogP contribution is 2.34. The van der Waals surface area contributed by atoms with Gasteiger partial charge < -0.3 is 10.1 Å². The molecule has 0 unspecified atom stereocenters. The summed E-state index contributed by atoms with van der Waals surface area (Å²) >= 11 is 2.06. The minimum absolute atomic E-state index is 0.289. The van der Waals surface area contributed by atoms with Gasteiger partial charge in [-0.25, -0.2) is 4.79 Å². The lowest BCUT2D eigenvalue weighted by Gasteiger charge is -2.12. The average molecular weight is 382 g/mol. The molecule has 2 rings (SSSR count). The van der Waals surface area contributed by atoms with Gasteiger partial charge in [0.2, 0.25) is 5.91 Å². The van der Waals surface area contributed by atoms with Crippen LogP contribution >= 0.6 is 23.1 Å². The molecule has 0 spiro atoms. The molecule has 0 radical (unpaired) electrons. The van der Waals surface area contributed by atoms with Gasteiger partial charge in [-0.1, -0.05) is 5.57 Å². The highest BCUT2D eigenvalue weighted by molar-refractivity contribution is 8.18. The Morgan fingerprint density at radius 1 is 1.20 bits per heavy atom. The largest absolute Gasteiger partial charge is 0.465 e. The third-order valence-electron chi connectivity index (χ3n) is 3.63. The van der Waals surface area contributed by atoms with Crippen LogP contribution in [0.1, 0.15) is 34.6 Å². The summed E-state index contributed by atoms with van der Waals surface area (Å²) in [6.45, 7) is 6.65. The first-order valence-electron chi connectivity index (χ1n) is 7.36. The number of amides is 3.